The lowest BCUT2D eigenvalue weighted by molar-refractivity contribution is 0.0854. The number of halogens is 1. The Morgan fingerprint density at radius 1 is 1.33 bits per heavy atom. The Balaban J connectivity index is 1.88. The van der Waals surface area contributed by atoms with Crippen molar-refractivity contribution < 1.29 is 0 Å². The van der Waals surface area contributed by atoms with Gasteiger partial charge in [0.1, 0.15) is 0 Å². The van der Waals surface area contributed by atoms with Crippen LogP contribution in [0.4, 0.5) is 0 Å². The molecule has 2 unspecified atom stereocenters. The molecule has 0 radical (unpaired) electrons. The van der Waals surface area contributed by atoms with Crippen LogP contribution in [0.1, 0.15) is 31.9 Å². The second-order valence-electron chi connectivity index (χ2n) is 5.93. The highest BCUT2D eigenvalue weighted by Gasteiger charge is 2.23. The summed E-state index contributed by atoms with van der Waals surface area (Å²) in [5.74, 6) is 0. The van der Waals surface area contributed by atoms with Crippen LogP contribution in [0.25, 0.3) is 0 Å². The number of piperazine rings is 1. The summed E-state index contributed by atoms with van der Waals surface area (Å²) in [5.41, 5.74) is 1.36. The number of nitrogens with one attached hydrogen (secondary N) is 1. The minimum absolute atomic E-state index is 0.417. The SMILES string of the molecule is CCN1CCN(CCC(NC)c2ccccc2Br)CC1C. The van der Waals surface area contributed by atoms with E-state index >= 15 is 0 Å². The van der Waals surface area contributed by atoms with Gasteiger partial charge in [0.05, 0.1) is 0 Å². The number of nitrogens with zero attached hydrogens (tertiary/aromatic N) is 2. The van der Waals surface area contributed by atoms with Gasteiger partial charge in [-0.25, -0.2) is 0 Å². The first-order valence-electron chi connectivity index (χ1n) is 8.03. The molecule has 0 bridgehead atoms. The van der Waals surface area contributed by atoms with Crippen LogP contribution in [-0.2, 0) is 0 Å². The summed E-state index contributed by atoms with van der Waals surface area (Å²) in [5, 5.41) is 3.46. The fraction of sp³-hybridized carbons (Fsp3) is 0.647. The van der Waals surface area contributed by atoms with Gasteiger partial charge in [-0.05, 0) is 38.6 Å². The van der Waals surface area contributed by atoms with Gasteiger partial charge in [-0.2, -0.15) is 0 Å². The molecular formula is C17H28BrN3. The third-order valence-corrected chi connectivity index (χ3v) is 5.34. The van der Waals surface area contributed by atoms with Crippen LogP contribution in [0.5, 0.6) is 0 Å². The van der Waals surface area contributed by atoms with Crippen LogP contribution in [0, 0.1) is 0 Å². The molecule has 1 aliphatic rings. The molecule has 1 aliphatic heterocycles. The highest BCUT2D eigenvalue weighted by Crippen LogP contribution is 2.25. The molecule has 1 aromatic carbocycles. The van der Waals surface area contributed by atoms with Crippen molar-refractivity contribution in [2.75, 3.05) is 39.8 Å². The van der Waals surface area contributed by atoms with Crippen molar-refractivity contribution in [3.05, 3.63) is 34.3 Å². The van der Waals surface area contributed by atoms with E-state index in [0.717, 1.165) is 13.0 Å². The molecular weight excluding hydrogens is 326 g/mol. The minimum Gasteiger partial charge on any atom is -0.313 e. The summed E-state index contributed by atoms with van der Waals surface area (Å²) in [6.07, 6.45) is 1.15. The van der Waals surface area contributed by atoms with Gasteiger partial charge in [-0.1, -0.05) is 41.1 Å². The first-order chi connectivity index (χ1) is 10.2. The van der Waals surface area contributed by atoms with Gasteiger partial charge in [0.25, 0.3) is 0 Å². The van der Waals surface area contributed by atoms with E-state index in [1.807, 2.05) is 0 Å². The zero-order chi connectivity index (χ0) is 15.2. The maximum absolute atomic E-state index is 3.67. The number of rotatable bonds is 6. The number of benzene rings is 1. The molecule has 3 nitrogen and oxygen atoms in total. The number of hydrogen-bond acceptors (Lipinski definition) is 3. The summed E-state index contributed by atoms with van der Waals surface area (Å²) < 4.78 is 1.20. The molecule has 1 heterocycles. The summed E-state index contributed by atoms with van der Waals surface area (Å²) in [6.45, 7) is 10.5. The molecule has 0 saturated carbocycles. The molecule has 1 fully saturated rings. The van der Waals surface area contributed by atoms with Gasteiger partial charge in [-0.3, -0.25) is 4.90 Å². The molecule has 21 heavy (non-hydrogen) atoms. The Morgan fingerprint density at radius 2 is 2.10 bits per heavy atom. The first-order valence-corrected chi connectivity index (χ1v) is 8.83. The van der Waals surface area contributed by atoms with Gasteiger partial charge in [0, 0.05) is 42.7 Å². The molecule has 1 aromatic rings. The average molecular weight is 354 g/mol. The van der Waals surface area contributed by atoms with E-state index in [0.29, 0.717) is 12.1 Å². The van der Waals surface area contributed by atoms with E-state index in [9.17, 15) is 0 Å². The fourth-order valence-electron chi connectivity index (χ4n) is 3.27. The molecule has 1 saturated heterocycles. The second kappa shape index (κ2) is 8.28. The van der Waals surface area contributed by atoms with Crippen LogP contribution in [0.2, 0.25) is 0 Å². The van der Waals surface area contributed by atoms with Gasteiger partial charge in [-0.15, -0.1) is 0 Å². The molecule has 118 valence electrons. The highest BCUT2D eigenvalue weighted by molar-refractivity contribution is 9.10. The molecule has 0 aromatic heterocycles. The van der Waals surface area contributed by atoms with E-state index in [1.165, 1.54) is 36.2 Å². The molecule has 2 atom stereocenters. The lowest BCUT2D eigenvalue weighted by atomic mass is 10.0. The molecule has 2 rings (SSSR count). The Bertz CT molecular complexity index is 438. The van der Waals surface area contributed by atoms with Crippen LogP contribution in [-0.4, -0.2) is 55.6 Å². The minimum atomic E-state index is 0.417. The van der Waals surface area contributed by atoms with E-state index in [1.54, 1.807) is 0 Å². The van der Waals surface area contributed by atoms with Crippen LogP contribution in [0.3, 0.4) is 0 Å². The van der Waals surface area contributed by atoms with Crippen LogP contribution < -0.4 is 5.32 Å². The lowest BCUT2D eigenvalue weighted by Crippen LogP contribution is -2.51. The first kappa shape index (κ1) is 16.9. The Morgan fingerprint density at radius 3 is 2.71 bits per heavy atom. The Hall–Kier alpha value is -0.420. The second-order valence-corrected chi connectivity index (χ2v) is 6.78. The van der Waals surface area contributed by atoms with Crippen molar-refractivity contribution in [1.29, 1.82) is 0 Å². The quantitative estimate of drug-likeness (QED) is 0.847. The summed E-state index contributed by atoms with van der Waals surface area (Å²) >= 11 is 3.67. The molecule has 4 heteroatoms. The topological polar surface area (TPSA) is 18.5 Å². The number of hydrogen-bond donors (Lipinski definition) is 1. The van der Waals surface area contributed by atoms with E-state index in [-0.39, 0.29) is 0 Å². The van der Waals surface area contributed by atoms with Crippen molar-refractivity contribution in [1.82, 2.24) is 15.1 Å². The largest absolute Gasteiger partial charge is 0.313 e. The number of likely N-dealkylation sites (N-methyl/N-ethyl adjacent to an activating group) is 1. The van der Waals surface area contributed by atoms with E-state index in [2.05, 4.69) is 76.2 Å². The monoisotopic (exact) mass is 353 g/mol. The van der Waals surface area contributed by atoms with Gasteiger partial charge >= 0.3 is 0 Å². The van der Waals surface area contributed by atoms with Crippen LogP contribution >= 0.6 is 15.9 Å². The van der Waals surface area contributed by atoms with Crippen molar-refractivity contribution in [2.24, 2.45) is 0 Å². The van der Waals surface area contributed by atoms with Crippen LogP contribution in [0.15, 0.2) is 28.7 Å². The third-order valence-electron chi connectivity index (χ3n) is 4.62. The van der Waals surface area contributed by atoms with Crippen molar-refractivity contribution in [3.8, 4) is 0 Å². The predicted octanol–water partition coefficient (Wildman–Crippen LogP) is 3.13. The Kier molecular flexibility index (Phi) is 6.68. The van der Waals surface area contributed by atoms with Gasteiger partial charge in [0.15, 0.2) is 0 Å². The summed E-state index contributed by atoms with van der Waals surface area (Å²) in [6, 6.07) is 9.63. The van der Waals surface area contributed by atoms with E-state index < -0.39 is 0 Å². The average Bonchev–Trinajstić information content (AvgIpc) is 2.49. The molecule has 0 spiro atoms. The maximum atomic E-state index is 3.67. The van der Waals surface area contributed by atoms with Gasteiger partial charge in [0.2, 0.25) is 0 Å². The standard InChI is InChI=1S/C17H28BrN3/c1-4-21-12-11-20(13-14(21)2)10-9-17(19-3)15-7-5-6-8-16(15)18/h5-8,14,17,19H,4,9-13H2,1-3H3. The van der Waals surface area contributed by atoms with Gasteiger partial charge < -0.3 is 10.2 Å². The van der Waals surface area contributed by atoms with E-state index in [4.69, 9.17) is 0 Å². The zero-order valence-corrected chi connectivity index (χ0v) is 15.1. The lowest BCUT2D eigenvalue weighted by Gasteiger charge is -2.39. The fourth-order valence-corrected chi connectivity index (χ4v) is 3.83. The van der Waals surface area contributed by atoms with Crippen molar-refractivity contribution in [3.63, 3.8) is 0 Å². The summed E-state index contributed by atoms with van der Waals surface area (Å²) in [7, 11) is 2.06. The predicted molar refractivity (Wildman–Crippen MR) is 93.7 cm³/mol. The zero-order valence-electron chi connectivity index (χ0n) is 13.5. The van der Waals surface area contributed by atoms with Crippen molar-refractivity contribution >= 4 is 15.9 Å². The maximum Gasteiger partial charge on any atom is 0.0340 e. The normalized spacial score (nSPS) is 22.4. The molecule has 0 amide bonds. The smallest absolute Gasteiger partial charge is 0.0340 e. The molecule has 0 aliphatic carbocycles. The Labute approximate surface area is 137 Å². The highest BCUT2D eigenvalue weighted by atomic mass is 79.9. The summed E-state index contributed by atoms with van der Waals surface area (Å²) in [4.78, 5) is 5.18. The third kappa shape index (κ3) is 4.52. The van der Waals surface area contributed by atoms with Crippen molar-refractivity contribution in [2.45, 2.75) is 32.4 Å². The molecule has 1 N–H and O–H groups in total.